The average Bonchev–Trinajstić information content (AvgIpc) is 2.85. The summed E-state index contributed by atoms with van der Waals surface area (Å²) in [6.45, 7) is 5.05. The molecule has 1 aromatic heterocycles. The highest BCUT2D eigenvalue weighted by molar-refractivity contribution is 6.02. The van der Waals surface area contributed by atoms with Crippen LogP contribution in [-0.4, -0.2) is 21.5 Å². The molecule has 0 saturated carbocycles. The van der Waals surface area contributed by atoms with Gasteiger partial charge in [-0.1, -0.05) is 26.0 Å². The summed E-state index contributed by atoms with van der Waals surface area (Å²) in [7, 11) is 1.83. The highest BCUT2D eigenvalue weighted by Crippen LogP contribution is 2.11. The summed E-state index contributed by atoms with van der Waals surface area (Å²) in [4.78, 5) is 15.9. The normalized spacial score (nSPS) is 10.8. The molecular weight excluding hydrogens is 252 g/mol. The lowest BCUT2D eigenvalue weighted by Gasteiger charge is -2.09. The number of carbonyl (C=O) groups is 1. The summed E-state index contributed by atoms with van der Waals surface area (Å²) in [5, 5.41) is 6.18. The SMILES string of the molecule is CC(C)NCc1ccc(NC(=O)c2cn(C)cn2)cc1. The van der Waals surface area contributed by atoms with Crippen LogP contribution in [0.15, 0.2) is 36.8 Å². The topological polar surface area (TPSA) is 58.9 Å². The van der Waals surface area contributed by atoms with E-state index >= 15 is 0 Å². The van der Waals surface area contributed by atoms with Gasteiger partial charge in [0, 0.05) is 31.5 Å². The minimum atomic E-state index is -0.196. The highest BCUT2D eigenvalue weighted by Gasteiger charge is 2.08. The van der Waals surface area contributed by atoms with E-state index in [-0.39, 0.29) is 5.91 Å². The Morgan fingerprint density at radius 3 is 2.55 bits per heavy atom. The quantitative estimate of drug-likeness (QED) is 0.877. The maximum Gasteiger partial charge on any atom is 0.275 e. The molecule has 5 heteroatoms. The Kier molecular flexibility index (Phi) is 4.53. The highest BCUT2D eigenvalue weighted by atomic mass is 16.1. The Bertz CT molecular complexity index is 572. The van der Waals surface area contributed by atoms with Crippen LogP contribution in [-0.2, 0) is 13.6 Å². The van der Waals surface area contributed by atoms with Gasteiger partial charge in [0.15, 0.2) is 0 Å². The smallest absolute Gasteiger partial charge is 0.275 e. The van der Waals surface area contributed by atoms with Crippen molar-refractivity contribution in [2.75, 3.05) is 5.32 Å². The van der Waals surface area contributed by atoms with E-state index in [1.807, 2.05) is 31.3 Å². The van der Waals surface area contributed by atoms with E-state index < -0.39 is 0 Å². The van der Waals surface area contributed by atoms with Crippen molar-refractivity contribution in [2.24, 2.45) is 7.05 Å². The van der Waals surface area contributed by atoms with Crippen molar-refractivity contribution < 1.29 is 4.79 Å². The van der Waals surface area contributed by atoms with Crippen molar-refractivity contribution >= 4 is 11.6 Å². The molecule has 1 aromatic carbocycles. The molecule has 2 aromatic rings. The molecule has 0 bridgehead atoms. The number of nitrogens with one attached hydrogen (secondary N) is 2. The van der Waals surface area contributed by atoms with Gasteiger partial charge in [0.1, 0.15) is 5.69 Å². The van der Waals surface area contributed by atoms with E-state index in [9.17, 15) is 4.79 Å². The van der Waals surface area contributed by atoms with E-state index in [4.69, 9.17) is 0 Å². The van der Waals surface area contributed by atoms with Crippen LogP contribution < -0.4 is 10.6 Å². The third-order valence-electron chi connectivity index (χ3n) is 2.86. The van der Waals surface area contributed by atoms with Crippen LogP contribution in [0.3, 0.4) is 0 Å². The first-order valence-electron chi connectivity index (χ1n) is 6.66. The Labute approximate surface area is 119 Å². The number of hydrogen-bond donors (Lipinski definition) is 2. The van der Waals surface area contributed by atoms with E-state index in [0.717, 1.165) is 12.2 Å². The molecule has 0 aliphatic rings. The number of carbonyl (C=O) groups excluding carboxylic acids is 1. The average molecular weight is 272 g/mol. The molecule has 0 aliphatic carbocycles. The van der Waals surface area contributed by atoms with E-state index in [2.05, 4.69) is 29.5 Å². The predicted octanol–water partition coefficient (Wildman–Crippen LogP) is 2.17. The van der Waals surface area contributed by atoms with Crippen molar-refractivity contribution in [1.29, 1.82) is 0 Å². The fourth-order valence-electron chi connectivity index (χ4n) is 1.75. The van der Waals surface area contributed by atoms with E-state index in [0.29, 0.717) is 11.7 Å². The molecule has 0 unspecified atom stereocenters. The molecule has 0 fully saturated rings. The largest absolute Gasteiger partial charge is 0.340 e. The standard InChI is InChI=1S/C15H20N4O/c1-11(2)16-8-12-4-6-13(7-5-12)18-15(20)14-9-19(3)10-17-14/h4-7,9-11,16H,8H2,1-3H3,(H,18,20). The minimum Gasteiger partial charge on any atom is -0.340 e. The summed E-state index contributed by atoms with van der Waals surface area (Å²) in [5.41, 5.74) is 2.38. The molecule has 0 spiro atoms. The monoisotopic (exact) mass is 272 g/mol. The van der Waals surface area contributed by atoms with Crippen LogP contribution in [0.1, 0.15) is 29.9 Å². The van der Waals surface area contributed by atoms with Crippen LogP contribution in [0.5, 0.6) is 0 Å². The van der Waals surface area contributed by atoms with Crippen LogP contribution in [0.4, 0.5) is 5.69 Å². The van der Waals surface area contributed by atoms with Crippen molar-refractivity contribution in [3.8, 4) is 0 Å². The molecule has 0 aliphatic heterocycles. The van der Waals surface area contributed by atoms with Crippen molar-refractivity contribution in [3.63, 3.8) is 0 Å². The second-order valence-electron chi connectivity index (χ2n) is 5.11. The van der Waals surface area contributed by atoms with Crippen molar-refractivity contribution in [1.82, 2.24) is 14.9 Å². The molecule has 2 rings (SSSR count). The molecular formula is C15H20N4O. The lowest BCUT2D eigenvalue weighted by molar-refractivity contribution is 0.102. The van der Waals surface area contributed by atoms with Gasteiger partial charge in [0.05, 0.1) is 6.33 Å². The zero-order valence-electron chi connectivity index (χ0n) is 12.1. The Balaban J connectivity index is 1.95. The van der Waals surface area contributed by atoms with Gasteiger partial charge in [-0.15, -0.1) is 0 Å². The molecule has 106 valence electrons. The second kappa shape index (κ2) is 6.34. The number of amides is 1. The number of anilines is 1. The molecule has 2 N–H and O–H groups in total. The third kappa shape index (κ3) is 3.93. The zero-order valence-corrected chi connectivity index (χ0v) is 12.1. The van der Waals surface area contributed by atoms with Gasteiger partial charge in [-0.2, -0.15) is 0 Å². The zero-order chi connectivity index (χ0) is 14.5. The molecule has 0 radical (unpaired) electrons. The number of aryl methyl sites for hydroxylation is 1. The lowest BCUT2D eigenvalue weighted by Crippen LogP contribution is -2.21. The molecule has 1 amide bonds. The summed E-state index contributed by atoms with van der Waals surface area (Å²) in [5.74, 6) is -0.196. The molecule has 0 atom stereocenters. The van der Waals surface area contributed by atoms with Crippen molar-refractivity contribution in [2.45, 2.75) is 26.4 Å². The van der Waals surface area contributed by atoms with Crippen molar-refractivity contribution in [3.05, 3.63) is 48.0 Å². The van der Waals surface area contributed by atoms with Gasteiger partial charge in [-0.3, -0.25) is 4.79 Å². The summed E-state index contributed by atoms with van der Waals surface area (Å²) < 4.78 is 1.75. The maximum atomic E-state index is 11.9. The number of benzene rings is 1. The van der Waals surface area contributed by atoms with Gasteiger partial charge in [-0.05, 0) is 17.7 Å². The first-order valence-corrected chi connectivity index (χ1v) is 6.66. The summed E-state index contributed by atoms with van der Waals surface area (Å²) in [6, 6.07) is 8.27. The van der Waals surface area contributed by atoms with Crippen LogP contribution in [0.25, 0.3) is 0 Å². The number of rotatable bonds is 5. The Morgan fingerprint density at radius 1 is 1.30 bits per heavy atom. The van der Waals surface area contributed by atoms with Gasteiger partial charge >= 0.3 is 0 Å². The van der Waals surface area contributed by atoms with Crippen LogP contribution >= 0.6 is 0 Å². The number of aromatic nitrogens is 2. The first kappa shape index (κ1) is 14.3. The second-order valence-corrected chi connectivity index (χ2v) is 5.11. The summed E-state index contributed by atoms with van der Waals surface area (Å²) in [6.07, 6.45) is 3.30. The van der Waals surface area contributed by atoms with Crippen LogP contribution in [0.2, 0.25) is 0 Å². The summed E-state index contributed by atoms with van der Waals surface area (Å²) >= 11 is 0. The molecule has 1 heterocycles. The lowest BCUT2D eigenvalue weighted by atomic mass is 10.2. The third-order valence-corrected chi connectivity index (χ3v) is 2.86. The fraction of sp³-hybridized carbons (Fsp3) is 0.333. The maximum absolute atomic E-state index is 11.9. The molecule has 0 saturated heterocycles. The van der Waals surface area contributed by atoms with Gasteiger partial charge in [-0.25, -0.2) is 4.98 Å². The molecule has 20 heavy (non-hydrogen) atoms. The molecule has 5 nitrogen and oxygen atoms in total. The van der Waals surface area contributed by atoms with Gasteiger partial charge in [0.2, 0.25) is 0 Å². The Hall–Kier alpha value is -2.14. The first-order chi connectivity index (χ1) is 9.54. The van der Waals surface area contributed by atoms with Gasteiger partial charge < -0.3 is 15.2 Å². The van der Waals surface area contributed by atoms with Gasteiger partial charge in [0.25, 0.3) is 5.91 Å². The van der Waals surface area contributed by atoms with Crippen LogP contribution in [0, 0.1) is 0 Å². The Morgan fingerprint density at radius 2 is 2.00 bits per heavy atom. The number of imidazole rings is 1. The predicted molar refractivity (Wildman–Crippen MR) is 79.6 cm³/mol. The number of hydrogen-bond acceptors (Lipinski definition) is 3. The van der Waals surface area contributed by atoms with E-state index in [1.165, 1.54) is 5.56 Å². The fourth-order valence-corrected chi connectivity index (χ4v) is 1.75. The minimum absolute atomic E-state index is 0.196. The number of nitrogens with zero attached hydrogens (tertiary/aromatic N) is 2. The van der Waals surface area contributed by atoms with E-state index in [1.54, 1.807) is 17.1 Å².